The van der Waals surface area contributed by atoms with E-state index in [0.29, 0.717) is 13.2 Å². The van der Waals surface area contributed by atoms with Gasteiger partial charge in [0.25, 0.3) is 6.02 Å². The maximum atomic E-state index is 5.83. The molecule has 2 aliphatic rings. The van der Waals surface area contributed by atoms with Gasteiger partial charge >= 0.3 is 0 Å². The first-order valence-corrected chi connectivity index (χ1v) is 7.86. The Kier molecular flexibility index (Phi) is 4.04. The van der Waals surface area contributed by atoms with Crippen molar-refractivity contribution in [1.29, 1.82) is 0 Å². The quantitative estimate of drug-likeness (QED) is 0.925. The van der Waals surface area contributed by atoms with Gasteiger partial charge < -0.3 is 15.2 Å². The number of aliphatic imine (C=N–C) groups is 1. The van der Waals surface area contributed by atoms with Crippen molar-refractivity contribution >= 4 is 6.02 Å². The van der Waals surface area contributed by atoms with Crippen molar-refractivity contribution < 1.29 is 9.47 Å². The maximum Gasteiger partial charge on any atom is 0.282 e. The van der Waals surface area contributed by atoms with E-state index in [9.17, 15) is 0 Å². The van der Waals surface area contributed by atoms with E-state index in [1.807, 2.05) is 6.92 Å². The number of hydrogen-bond donors (Lipinski definition) is 1. The molecule has 1 aliphatic heterocycles. The lowest BCUT2D eigenvalue weighted by Crippen LogP contribution is -2.37. The Bertz CT molecular complexity index is 506. The number of ether oxygens (including phenoxy) is 2. The summed E-state index contributed by atoms with van der Waals surface area (Å²) in [5, 5.41) is 0. The number of nitrogens with zero attached hydrogens (tertiary/aromatic N) is 1. The van der Waals surface area contributed by atoms with E-state index in [4.69, 9.17) is 15.2 Å². The van der Waals surface area contributed by atoms with Crippen molar-refractivity contribution in [2.75, 3.05) is 13.2 Å². The fraction of sp³-hybridized carbons (Fsp3) is 0.588. The van der Waals surface area contributed by atoms with Gasteiger partial charge in [0.05, 0.1) is 6.54 Å². The van der Waals surface area contributed by atoms with Gasteiger partial charge in [0.15, 0.2) is 5.60 Å². The molecule has 0 amide bonds. The first-order chi connectivity index (χ1) is 10.1. The highest BCUT2D eigenvalue weighted by Gasteiger charge is 2.33. The highest BCUT2D eigenvalue weighted by atomic mass is 16.6. The molecule has 2 N–H and O–H groups in total. The van der Waals surface area contributed by atoms with Crippen molar-refractivity contribution in [2.24, 2.45) is 10.7 Å². The molecule has 0 spiro atoms. The number of hydrogen-bond acceptors (Lipinski definition) is 4. The van der Waals surface area contributed by atoms with Gasteiger partial charge in [-0.2, -0.15) is 0 Å². The van der Waals surface area contributed by atoms with E-state index in [1.54, 1.807) is 0 Å². The van der Waals surface area contributed by atoms with Crippen molar-refractivity contribution in [3.63, 3.8) is 0 Å². The molecule has 0 saturated heterocycles. The summed E-state index contributed by atoms with van der Waals surface area (Å²) in [6, 6.07) is 8.79. The second-order valence-corrected chi connectivity index (χ2v) is 6.40. The summed E-state index contributed by atoms with van der Waals surface area (Å²) >= 11 is 0. The summed E-state index contributed by atoms with van der Waals surface area (Å²) in [4.78, 5) is 4.07. The van der Waals surface area contributed by atoms with Gasteiger partial charge in [-0.3, -0.25) is 0 Å². The van der Waals surface area contributed by atoms with Crippen LogP contribution in [-0.4, -0.2) is 24.8 Å². The largest absolute Gasteiger partial charge is 0.489 e. The van der Waals surface area contributed by atoms with Crippen LogP contribution < -0.4 is 10.5 Å². The molecule has 0 aromatic heterocycles. The molecule has 1 aliphatic carbocycles. The minimum Gasteiger partial charge on any atom is -0.489 e. The first-order valence-electron chi connectivity index (χ1n) is 7.86. The summed E-state index contributed by atoms with van der Waals surface area (Å²) in [6.07, 6.45) is 6.76. The third kappa shape index (κ3) is 3.49. The third-order valence-corrected chi connectivity index (χ3v) is 4.42. The Morgan fingerprint density at radius 3 is 2.57 bits per heavy atom. The van der Waals surface area contributed by atoms with E-state index in [1.165, 1.54) is 37.7 Å². The molecular formula is C17H24N2O2. The minimum atomic E-state index is -0.438. The second kappa shape index (κ2) is 5.96. The lowest BCUT2D eigenvalue weighted by atomic mass is 9.84. The maximum absolute atomic E-state index is 5.83. The highest BCUT2D eigenvalue weighted by molar-refractivity contribution is 5.73. The zero-order valence-electron chi connectivity index (χ0n) is 12.7. The predicted octanol–water partition coefficient (Wildman–Crippen LogP) is 3.22. The van der Waals surface area contributed by atoms with Gasteiger partial charge in [0.2, 0.25) is 0 Å². The Morgan fingerprint density at radius 2 is 1.95 bits per heavy atom. The number of rotatable bonds is 4. The molecule has 0 radical (unpaired) electrons. The third-order valence-electron chi connectivity index (χ3n) is 4.42. The standard InChI is InChI=1S/C17H24N2O2/c1-17(11-19-16(18)21-17)12-20-15-9-7-14(8-10-15)13-5-3-2-4-6-13/h7-10,13H,2-6,11-12H2,1H3,(H2,18,19). The summed E-state index contributed by atoms with van der Waals surface area (Å²) in [5.41, 5.74) is 6.56. The van der Waals surface area contributed by atoms with Gasteiger partial charge in [-0.15, -0.1) is 0 Å². The molecule has 21 heavy (non-hydrogen) atoms. The molecule has 4 nitrogen and oxygen atoms in total. The fourth-order valence-electron chi connectivity index (χ4n) is 3.15. The summed E-state index contributed by atoms with van der Waals surface area (Å²) < 4.78 is 11.3. The van der Waals surface area contributed by atoms with Gasteiger partial charge in [0.1, 0.15) is 12.4 Å². The Labute approximate surface area is 126 Å². The topological polar surface area (TPSA) is 56.8 Å². The van der Waals surface area contributed by atoms with Crippen molar-refractivity contribution in [1.82, 2.24) is 0 Å². The molecule has 1 saturated carbocycles. The molecular weight excluding hydrogens is 264 g/mol. The molecule has 1 atom stereocenters. The van der Waals surface area contributed by atoms with E-state index < -0.39 is 5.60 Å². The zero-order valence-corrected chi connectivity index (χ0v) is 12.7. The molecule has 1 heterocycles. The van der Waals surface area contributed by atoms with Crippen LogP contribution in [0.4, 0.5) is 0 Å². The lowest BCUT2D eigenvalue weighted by molar-refractivity contribution is 0.0491. The normalized spacial score (nSPS) is 26.2. The van der Waals surface area contributed by atoms with Crippen LogP contribution in [0.25, 0.3) is 0 Å². The number of amidine groups is 1. The Balaban J connectivity index is 1.55. The van der Waals surface area contributed by atoms with Crippen LogP contribution in [0.2, 0.25) is 0 Å². The smallest absolute Gasteiger partial charge is 0.282 e. The van der Waals surface area contributed by atoms with E-state index >= 15 is 0 Å². The SMILES string of the molecule is CC1(COc2ccc(C3CCCCC3)cc2)CN=C(N)O1. The van der Waals surface area contributed by atoms with Crippen LogP contribution in [0.1, 0.15) is 50.5 Å². The first kappa shape index (κ1) is 14.2. The van der Waals surface area contributed by atoms with Crippen molar-refractivity contribution in [2.45, 2.75) is 50.5 Å². The average molecular weight is 288 g/mol. The van der Waals surface area contributed by atoms with E-state index in [2.05, 4.69) is 29.3 Å². The number of nitrogens with two attached hydrogens (primary N) is 1. The predicted molar refractivity (Wildman–Crippen MR) is 83.7 cm³/mol. The molecule has 0 bridgehead atoms. The molecule has 1 aromatic rings. The molecule has 114 valence electrons. The van der Waals surface area contributed by atoms with Crippen LogP contribution in [0, 0.1) is 0 Å². The number of benzene rings is 1. The molecule has 3 rings (SSSR count). The van der Waals surface area contributed by atoms with Crippen LogP contribution in [-0.2, 0) is 4.74 Å². The van der Waals surface area contributed by atoms with Gasteiger partial charge in [-0.25, -0.2) is 4.99 Å². The van der Waals surface area contributed by atoms with E-state index in [0.717, 1.165) is 11.7 Å². The Hall–Kier alpha value is -1.71. The summed E-state index contributed by atoms with van der Waals surface area (Å²) in [5.74, 6) is 1.61. The van der Waals surface area contributed by atoms with Gasteiger partial charge in [-0.05, 0) is 43.4 Å². The zero-order chi connectivity index (χ0) is 14.7. The fourth-order valence-corrected chi connectivity index (χ4v) is 3.15. The molecule has 1 unspecified atom stereocenters. The average Bonchev–Trinajstić information content (AvgIpc) is 2.87. The minimum absolute atomic E-state index is 0.258. The summed E-state index contributed by atoms with van der Waals surface area (Å²) in [7, 11) is 0. The van der Waals surface area contributed by atoms with Crippen LogP contribution in [0.5, 0.6) is 5.75 Å². The Morgan fingerprint density at radius 1 is 1.24 bits per heavy atom. The van der Waals surface area contributed by atoms with Crippen LogP contribution >= 0.6 is 0 Å². The van der Waals surface area contributed by atoms with Crippen LogP contribution in [0.15, 0.2) is 29.3 Å². The van der Waals surface area contributed by atoms with E-state index in [-0.39, 0.29) is 6.02 Å². The monoisotopic (exact) mass is 288 g/mol. The molecule has 1 aromatic carbocycles. The van der Waals surface area contributed by atoms with Gasteiger partial charge in [0, 0.05) is 0 Å². The molecule has 4 heteroatoms. The second-order valence-electron chi connectivity index (χ2n) is 6.40. The van der Waals surface area contributed by atoms with Crippen molar-refractivity contribution in [3.8, 4) is 5.75 Å². The highest BCUT2D eigenvalue weighted by Crippen LogP contribution is 2.33. The summed E-state index contributed by atoms with van der Waals surface area (Å²) in [6.45, 7) is 2.98. The van der Waals surface area contributed by atoms with Crippen LogP contribution in [0.3, 0.4) is 0 Å². The molecule has 1 fully saturated rings. The van der Waals surface area contributed by atoms with Crippen molar-refractivity contribution in [3.05, 3.63) is 29.8 Å². The van der Waals surface area contributed by atoms with Gasteiger partial charge in [-0.1, -0.05) is 31.4 Å². The lowest BCUT2D eigenvalue weighted by Gasteiger charge is -2.24.